The molecule has 0 bridgehead atoms. The molecular formula is C36H42P2Pt. The fraction of sp³-hybridized carbons (Fsp3) is 0.167. The smallest absolute Gasteiger partial charge is 0.340 e. The molecule has 0 unspecified atom stereocenters. The Balaban J connectivity index is 0.000000595. The van der Waals surface area contributed by atoms with E-state index in [0.717, 1.165) is 12.8 Å². The first kappa shape index (κ1) is 34.9. The van der Waals surface area contributed by atoms with Crippen molar-refractivity contribution in [1.82, 2.24) is 0 Å². The Kier molecular flexibility index (Phi) is 20.3. The van der Waals surface area contributed by atoms with Crippen molar-refractivity contribution in [3.05, 3.63) is 159 Å². The fourth-order valence-corrected chi connectivity index (χ4v) is 9.14. The van der Waals surface area contributed by atoms with Crippen LogP contribution < -0.4 is 21.2 Å². The molecular weight excluding hydrogens is 689 g/mol. The van der Waals surface area contributed by atoms with Crippen LogP contribution in [0.5, 0.6) is 0 Å². The normalized spacial score (nSPS) is 10.5. The third-order valence-electron chi connectivity index (χ3n) is 5.62. The van der Waals surface area contributed by atoms with E-state index in [1.807, 2.05) is 38.2 Å². The van der Waals surface area contributed by atoms with Crippen LogP contribution in [-0.4, -0.2) is 12.3 Å². The van der Waals surface area contributed by atoms with E-state index in [1.165, 1.54) is 33.5 Å². The van der Waals surface area contributed by atoms with Gasteiger partial charge >= 0.3 is 21.1 Å². The van der Waals surface area contributed by atoms with Crippen molar-refractivity contribution in [3.8, 4) is 0 Å². The van der Waals surface area contributed by atoms with Gasteiger partial charge in [0.2, 0.25) is 0 Å². The molecule has 0 atom stereocenters. The van der Waals surface area contributed by atoms with Crippen LogP contribution in [0.1, 0.15) is 26.7 Å². The summed E-state index contributed by atoms with van der Waals surface area (Å²) in [4.78, 5) is 0. The Bertz CT molecular complexity index is 970. The van der Waals surface area contributed by atoms with Gasteiger partial charge in [-0.1, -0.05) is 133 Å². The van der Waals surface area contributed by atoms with Gasteiger partial charge in [-0.15, -0.1) is 12.2 Å². The van der Waals surface area contributed by atoms with Crippen LogP contribution in [-0.2, 0) is 21.1 Å². The summed E-state index contributed by atoms with van der Waals surface area (Å²) in [7, 11) is -0.696. The average Bonchev–Trinajstić information content (AvgIpc) is 2.99. The van der Waals surface area contributed by atoms with E-state index in [1.54, 1.807) is 0 Å². The van der Waals surface area contributed by atoms with Crippen LogP contribution in [0.15, 0.2) is 146 Å². The standard InChI is InChI=1S/C26H24P2.2C5H9.Pt/c1-5-13-23(14-6-1)27(24-15-7-2-8-16-24)21-22-28(25-17-9-3-10-18-25)26-19-11-4-12-20-26;2*1-3-5-4-2;/h1-20H,21-22H2;2*4-5H,1,3H2,2H3;/q;2*-1;+2/b;5-4+;5-4-;. The van der Waals surface area contributed by atoms with E-state index in [-0.39, 0.29) is 36.9 Å². The molecule has 0 amide bonds. The van der Waals surface area contributed by atoms with E-state index >= 15 is 0 Å². The molecule has 0 aliphatic rings. The van der Waals surface area contributed by atoms with Gasteiger partial charge in [0, 0.05) is 0 Å². The van der Waals surface area contributed by atoms with Crippen LogP contribution in [0.2, 0.25) is 0 Å². The van der Waals surface area contributed by atoms with Crippen molar-refractivity contribution in [2.24, 2.45) is 0 Å². The Morgan fingerprint density at radius 2 is 0.692 bits per heavy atom. The fourth-order valence-electron chi connectivity index (χ4n) is 3.78. The van der Waals surface area contributed by atoms with Crippen molar-refractivity contribution in [2.45, 2.75) is 26.7 Å². The molecule has 39 heavy (non-hydrogen) atoms. The topological polar surface area (TPSA) is 0 Å². The summed E-state index contributed by atoms with van der Waals surface area (Å²) in [6.45, 7) is 11.2. The number of benzene rings is 4. The molecule has 0 aliphatic heterocycles. The molecule has 0 radical (unpaired) electrons. The third-order valence-corrected chi connectivity index (χ3v) is 11.0. The third kappa shape index (κ3) is 13.7. The molecule has 0 nitrogen and oxygen atoms in total. The first-order valence-electron chi connectivity index (χ1n) is 13.3. The molecule has 0 N–H and O–H groups in total. The average molecular weight is 732 g/mol. The van der Waals surface area contributed by atoms with Crippen molar-refractivity contribution in [1.29, 1.82) is 0 Å². The molecule has 4 aromatic carbocycles. The molecule has 206 valence electrons. The van der Waals surface area contributed by atoms with E-state index < -0.39 is 0 Å². The number of allylic oxidation sites excluding steroid dienone is 4. The summed E-state index contributed by atoms with van der Waals surface area (Å²) in [5, 5.41) is 5.89. The second-order valence-corrected chi connectivity index (χ2v) is 13.0. The SMILES string of the molecule is [CH2-]C/C=C/C.[CH2-]C/C=C\C.[Pt+2].c1ccc(P(CCP(c2ccccc2)c2ccccc2)c2ccccc2)cc1. The number of hydrogen-bond acceptors (Lipinski definition) is 0. The Hall–Kier alpha value is -2.09. The molecule has 0 heterocycles. The van der Waals surface area contributed by atoms with E-state index in [4.69, 9.17) is 0 Å². The van der Waals surface area contributed by atoms with Gasteiger partial charge in [-0.3, -0.25) is 0 Å². The Morgan fingerprint density at radius 3 is 0.846 bits per heavy atom. The molecule has 0 saturated heterocycles. The second-order valence-electron chi connectivity index (χ2n) is 8.36. The molecule has 4 aromatic rings. The molecule has 4 rings (SSSR count). The van der Waals surface area contributed by atoms with Crippen molar-refractivity contribution in [2.75, 3.05) is 12.3 Å². The maximum absolute atomic E-state index is 3.59. The number of hydrogen-bond donors (Lipinski definition) is 0. The summed E-state index contributed by atoms with van der Waals surface area (Å²) in [6.07, 6.45) is 12.3. The predicted octanol–water partition coefficient (Wildman–Crippen LogP) is 8.82. The van der Waals surface area contributed by atoms with Gasteiger partial charge in [0.15, 0.2) is 0 Å². The van der Waals surface area contributed by atoms with Crippen LogP contribution in [0.4, 0.5) is 0 Å². The van der Waals surface area contributed by atoms with Gasteiger partial charge in [0.05, 0.1) is 0 Å². The van der Waals surface area contributed by atoms with Crippen LogP contribution in [0, 0.1) is 13.8 Å². The molecule has 0 saturated carbocycles. The quantitative estimate of drug-likeness (QED) is 0.0918. The summed E-state index contributed by atoms with van der Waals surface area (Å²) in [5.41, 5.74) is 0. The van der Waals surface area contributed by atoms with E-state index in [0.29, 0.717) is 0 Å². The van der Waals surface area contributed by atoms with Gasteiger partial charge in [-0.25, -0.2) is 0 Å². The first-order chi connectivity index (χ1) is 18.7. The predicted molar refractivity (Wildman–Crippen MR) is 177 cm³/mol. The first-order valence-corrected chi connectivity index (χ1v) is 16.4. The maximum Gasteiger partial charge on any atom is 2.00 e. The van der Waals surface area contributed by atoms with E-state index in [9.17, 15) is 0 Å². The zero-order valence-corrected chi connectivity index (χ0v) is 27.4. The Morgan fingerprint density at radius 1 is 0.462 bits per heavy atom. The number of rotatable bonds is 9. The molecule has 0 fully saturated rings. The van der Waals surface area contributed by atoms with Crippen molar-refractivity contribution in [3.63, 3.8) is 0 Å². The summed E-state index contributed by atoms with van der Waals surface area (Å²) in [5.74, 6) is 0. The largest absolute Gasteiger partial charge is 2.00 e. The zero-order valence-electron chi connectivity index (χ0n) is 23.3. The summed E-state index contributed by atoms with van der Waals surface area (Å²) < 4.78 is 0. The zero-order chi connectivity index (χ0) is 27.3. The minimum absolute atomic E-state index is 0. The monoisotopic (exact) mass is 731 g/mol. The van der Waals surface area contributed by atoms with Gasteiger partial charge in [-0.05, 0) is 63.2 Å². The van der Waals surface area contributed by atoms with E-state index in [2.05, 4.69) is 135 Å². The van der Waals surface area contributed by atoms with Gasteiger partial charge in [0.25, 0.3) is 0 Å². The molecule has 3 heteroatoms. The second kappa shape index (κ2) is 22.7. The summed E-state index contributed by atoms with van der Waals surface area (Å²) in [6, 6.07) is 44.2. The molecule has 0 aliphatic carbocycles. The minimum atomic E-state index is -0.348. The van der Waals surface area contributed by atoms with Gasteiger partial charge in [-0.2, -0.15) is 12.8 Å². The van der Waals surface area contributed by atoms with Gasteiger partial charge in [0.1, 0.15) is 0 Å². The van der Waals surface area contributed by atoms with Crippen LogP contribution >= 0.6 is 15.8 Å². The summed E-state index contributed by atoms with van der Waals surface area (Å²) >= 11 is 0. The van der Waals surface area contributed by atoms with Gasteiger partial charge < -0.3 is 13.8 Å². The Labute approximate surface area is 255 Å². The maximum atomic E-state index is 3.59. The van der Waals surface area contributed by atoms with Crippen molar-refractivity contribution < 1.29 is 21.1 Å². The van der Waals surface area contributed by atoms with Crippen molar-refractivity contribution >= 4 is 37.1 Å². The molecule has 0 aromatic heterocycles. The van der Waals surface area contributed by atoms with Crippen LogP contribution in [0.3, 0.4) is 0 Å². The minimum Gasteiger partial charge on any atom is -0.340 e. The van der Waals surface area contributed by atoms with Crippen LogP contribution in [0.25, 0.3) is 0 Å². The molecule has 0 spiro atoms.